The molecule has 6 nitrogen and oxygen atoms in total. The van der Waals surface area contributed by atoms with Crippen LogP contribution in [0.1, 0.15) is 23.7 Å². The number of hydrogen-bond acceptors (Lipinski definition) is 5. The van der Waals surface area contributed by atoms with Crippen LogP contribution in [0.2, 0.25) is 0 Å². The highest BCUT2D eigenvalue weighted by Crippen LogP contribution is 2.31. The summed E-state index contributed by atoms with van der Waals surface area (Å²) < 4.78 is 49.4. The zero-order valence-electron chi connectivity index (χ0n) is 11.2. The van der Waals surface area contributed by atoms with E-state index in [-0.39, 0.29) is 28.5 Å². The van der Waals surface area contributed by atoms with Gasteiger partial charge in [0.2, 0.25) is 0 Å². The highest BCUT2D eigenvalue weighted by atomic mass is 127. The molecular weight excluding hydrogens is 429 g/mol. The van der Waals surface area contributed by atoms with Crippen LogP contribution in [-0.4, -0.2) is 45.1 Å². The molecule has 0 radical (unpaired) electrons. The summed E-state index contributed by atoms with van der Waals surface area (Å²) in [5.74, 6) is -1.02. The molecule has 0 saturated heterocycles. The first-order valence-corrected chi connectivity index (χ1v) is 10.6. The van der Waals surface area contributed by atoms with Crippen LogP contribution in [0.4, 0.5) is 0 Å². The highest BCUT2D eigenvalue weighted by Gasteiger charge is 2.41. The van der Waals surface area contributed by atoms with Gasteiger partial charge in [0.1, 0.15) is 4.90 Å². The second kappa shape index (κ2) is 5.84. The number of carbonyl (C=O) groups excluding carboxylic acids is 1. The maximum atomic E-state index is 12.3. The van der Waals surface area contributed by atoms with Gasteiger partial charge in [0.15, 0.2) is 9.84 Å². The van der Waals surface area contributed by atoms with Gasteiger partial charge in [-0.05, 0) is 47.2 Å². The SMILES string of the molecule is CCCS(=O)(=O)CCN1C(=O)c2ccc(I)cc2S1(=O)=O. The Hall–Kier alpha value is -0.680. The van der Waals surface area contributed by atoms with Gasteiger partial charge in [-0.3, -0.25) is 4.79 Å². The number of hydrogen-bond donors (Lipinski definition) is 0. The maximum absolute atomic E-state index is 12.3. The molecule has 0 fully saturated rings. The third-order valence-corrected chi connectivity index (χ3v) is 7.42. The van der Waals surface area contributed by atoms with Crippen molar-refractivity contribution in [2.45, 2.75) is 18.2 Å². The average molecular weight is 443 g/mol. The molecule has 0 N–H and O–H groups in total. The normalized spacial score (nSPS) is 17.0. The van der Waals surface area contributed by atoms with Gasteiger partial charge in [-0.15, -0.1) is 0 Å². The average Bonchev–Trinajstić information content (AvgIpc) is 2.55. The van der Waals surface area contributed by atoms with E-state index in [0.29, 0.717) is 14.3 Å². The summed E-state index contributed by atoms with van der Waals surface area (Å²) in [4.78, 5) is 12.1. The summed E-state index contributed by atoms with van der Waals surface area (Å²) >= 11 is 1.96. The Labute approximate surface area is 137 Å². The van der Waals surface area contributed by atoms with Crippen molar-refractivity contribution in [1.82, 2.24) is 4.31 Å². The van der Waals surface area contributed by atoms with Gasteiger partial charge in [0.05, 0.1) is 17.9 Å². The van der Waals surface area contributed by atoms with E-state index < -0.39 is 25.8 Å². The highest BCUT2D eigenvalue weighted by molar-refractivity contribution is 14.1. The summed E-state index contributed by atoms with van der Waals surface area (Å²) in [6, 6.07) is 4.52. The van der Waals surface area contributed by atoms with Gasteiger partial charge in [-0.25, -0.2) is 21.1 Å². The Kier molecular flexibility index (Phi) is 4.64. The quantitative estimate of drug-likeness (QED) is 0.640. The molecular formula is C12H14INO5S2. The number of halogens is 1. The van der Waals surface area contributed by atoms with Crippen LogP contribution in [0.25, 0.3) is 0 Å². The van der Waals surface area contributed by atoms with E-state index in [1.165, 1.54) is 12.1 Å². The fourth-order valence-electron chi connectivity index (χ4n) is 2.11. The lowest BCUT2D eigenvalue weighted by Crippen LogP contribution is -2.34. The van der Waals surface area contributed by atoms with E-state index in [2.05, 4.69) is 0 Å². The van der Waals surface area contributed by atoms with Gasteiger partial charge in [0, 0.05) is 9.32 Å². The monoisotopic (exact) mass is 443 g/mol. The number of benzene rings is 1. The number of carbonyl (C=O) groups is 1. The molecule has 0 bridgehead atoms. The summed E-state index contributed by atoms with van der Waals surface area (Å²) in [7, 11) is -7.29. The van der Waals surface area contributed by atoms with Gasteiger partial charge >= 0.3 is 0 Å². The first-order chi connectivity index (χ1) is 9.69. The fraction of sp³-hybridized carbons (Fsp3) is 0.417. The Morgan fingerprint density at radius 2 is 1.90 bits per heavy atom. The zero-order valence-corrected chi connectivity index (χ0v) is 15.0. The molecule has 0 aromatic heterocycles. The number of sulfone groups is 1. The minimum absolute atomic E-state index is 0.0140. The predicted molar refractivity (Wildman–Crippen MR) is 86.3 cm³/mol. The number of fused-ring (bicyclic) bond motifs is 1. The van der Waals surface area contributed by atoms with Crippen molar-refractivity contribution in [1.29, 1.82) is 0 Å². The molecule has 21 heavy (non-hydrogen) atoms. The van der Waals surface area contributed by atoms with Crippen molar-refractivity contribution in [3.63, 3.8) is 0 Å². The third-order valence-electron chi connectivity index (χ3n) is 3.09. The molecule has 1 aromatic rings. The predicted octanol–water partition coefficient (Wildman–Crippen LogP) is 1.26. The molecule has 1 heterocycles. The second-order valence-corrected chi connectivity index (χ2v) is 10.1. The van der Waals surface area contributed by atoms with Crippen LogP contribution in [0, 0.1) is 3.57 Å². The van der Waals surface area contributed by atoms with Crippen molar-refractivity contribution in [2.24, 2.45) is 0 Å². The minimum Gasteiger partial charge on any atom is -0.268 e. The lowest BCUT2D eigenvalue weighted by Gasteiger charge is -2.14. The topological polar surface area (TPSA) is 88.6 Å². The number of sulfonamides is 1. The van der Waals surface area contributed by atoms with Crippen LogP contribution >= 0.6 is 22.6 Å². The molecule has 2 rings (SSSR count). The van der Waals surface area contributed by atoms with Gasteiger partial charge in [-0.2, -0.15) is 0 Å². The van der Waals surface area contributed by atoms with Crippen molar-refractivity contribution in [3.05, 3.63) is 27.3 Å². The summed E-state index contributed by atoms with van der Waals surface area (Å²) in [5, 5.41) is 0. The standard InChI is InChI=1S/C12H14INO5S2/c1-2-6-20(16,17)7-5-14-12(15)10-4-3-9(13)8-11(10)21(14,18)19/h3-4,8H,2,5-7H2,1H3. The maximum Gasteiger partial charge on any atom is 0.269 e. The Balaban J connectivity index is 2.30. The lowest BCUT2D eigenvalue weighted by molar-refractivity contribution is 0.0876. The first-order valence-electron chi connectivity index (χ1n) is 6.26. The molecule has 116 valence electrons. The fourth-order valence-corrected chi connectivity index (χ4v) is 5.81. The molecule has 1 aliphatic rings. The van der Waals surface area contributed by atoms with E-state index in [1.54, 1.807) is 13.0 Å². The molecule has 1 aliphatic heterocycles. The molecule has 0 saturated carbocycles. The molecule has 9 heteroatoms. The zero-order chi connectivity index (χ0) is 15.8. The van der Waals surface area contributed by atoms with E-state index in [9.17, 15) is 21.6 Å². The van der Waals surface area contributed by atoms with E-state index in [0.717, 1.165) is 0 Å². The molecule has 1 amide bonds. The van der Waals surface area contributed by atoms with E-state index >= 15 is 0 Å². The first kappa shape index (κ1) is 16.7. The van der Waals surface area contributed by atoms with Crippen molar-refractivity contribution < 1.29 is 21.6 Å². The third kappa shape index (κ3) is 3.24. The largest absolute Gasteiger partial charge is 0.269 e. The molecule has 1 aromatic carbocycles. The van der Waals surface area contributed by atoms with Crippen LogP contribution < -0.4 is 0 Å². The summed E-state index contributed by atoms with van der Waals surface area (Å²) in [5.41, 5.74) is 0.100. The molecule has 0 unspecified atom stereocenters. The number of nitrogens with zero attached hydrogens (tertiary/aromatic N) is 1. The lowest BCUT2D eigenvalue weighted by atomic mass is 10.2. The molecule has 0 atom stereocenters. The molecule has 0 spiro atoms. The van der Waals surface area contributed by atoms with Crippen LogP contribution in [-0.2, 0) is 19.9 Å². The smallest absolute Gasteiger partial charge is 0.268 e. The van der Waals surface area contributed by atoms with Gasteiger partial charge in [-0.1, -0.05) is 6.92 Å². The Morgan fingerprint density at radius 1 is 1.24 bits per heavy atom. The number of rotatable bonds is 5. The minimum atomic E-state index is -3.94. The summed E-state index contributed by atoms with van der Waals surface area (Å²) in [6.45, 7) is 1.39. The van der Waals surface area contributed by atoms with Crippen LogP contribution in [0.15, 0.2) is 23.1 Å². The van der Waals surface area contributed by atoms with E-state index in [1.807, 2.05) is 22.6 Å². The Morgan fingerprint density at radius 3 is 2.52 bits per heavy atom. The van der Waals surface area contributed by atoms with Gasteiger partial charge < -0.3 is 0 Å². The Bertz CT molecular complexity index is 786. The van der Waals surface area contributed by atoms with Crippen molar-refractivity contribution in [2.75, 3.05) is 18.1 Å². The van der Waals surface area contributed by atoms with Crippen molar-refractivity contribution in [3.8, 4) is 0 Å². The second-order valence-electron chi connectivity index (χ2n) is 4.67. The summed E-state index contributed by atoms with van der Waals surface area (Å²) in [6.07, 6.45) is 0.460. The van der Waals surface area contributed by atoms with Gasteiger partial charge in [0.25, 0.3) is 15.9 Å². The van der Waals surface area contributed by atoms with Crippen LogP contribution in [0.3, 0.4) is 0 Å². The van der Waals surface area contributed by atoms with Crippen LogP contribution in [0.5, 0.6) is 0 Å². The van der Waals surface area contributed by atoms with Crippen molar-refractivity contribution >= 4 is 48.4 Å². The van der Waals surface area contributed by atoms with E-state index in [4.69, 9.17) is 0 Å². The molecule has 0 aliphatic carbocycles. The number of amides is 1.